The molecule has 1 saturated carbocycles. The molecule has 1 N–H and O–H groups in total. The smallest absolute Gasteiger partial charge is 0.312 e. The van der Waals surface area contributed by atoms with Crippen molar-refractivity contribution in [1.29, 1.82) is 0 Å². The highest BCUT2D eigenvalue weighted by atomic mass is 19.4. The molecule has 1 unspecified atom stereocenters. The maximum Gasteiger partial charge on any atom is 0.401 e. The SMILES string of the molecule is CCCC(CNC1CC1)N(CCC)CC(F)(F)F. The van der Waals surface area contributed by atoms with Crippen LogP contribution in [0.1, 0.15) is 46.0 Å². The molecule has 1 fully saturated rings. The molecule has 108 valence electrons. The summed E-state index contributed by atoms with van der Waals surface area (Å²) in [5.41, 5.74) is 0. The fourth-order valence-electron chi connectivity index (χ4n) is 2.25. The van der Waals surface area contributed by atoms with Gasteiger partial charge in [-0.15, -0.1) is 0 Å². The van der Waals surface area contributed by atoms with Gasteiger partial charge in [-0.2, -0.15) is 13.2 Å². The van der Waals surface area contributed by atoms with Crippen LogP contribution in [0.4, 0.5) is 13.2 Å². The van der Waals surface area contributed by atoms with E-state index in [0.29, 0.717) is 19.1 Å². The lowest BCUT2D eigenvalue weighted by molar-refractivity contribution is -0.151. The minimum absolute atomic E-state index is 0.0113. The van der Waals surface area contributed by atoms with Crippen LogP contribution in [0.15, 0.2) is 0 Å². The van der Waals surface area contributed by atoms with Gasteiger partial charge in [0.2, 0.25) is 0 Å². The molecule has 0 aromatic rings. The summed E-state index contributed by atoms with van der Waals surface area (Å²) in [7, 11) is 0. The van der Waals surface area contributed by atoms with Crippen molar-refractivity contribution in [3.8, 4) is 0 Å². The molecule has 2 nitrogen and oxygen atoms in total. The zero-order valence-corrected chi connectivity index (χ0v) is 11.4. The molecule has 0 amide bonds. The van der Waals surface area contributed by atoms with E-state index in [2.05, 4.69) is 5.32 Å². The van der Waals surface area contributed by atoms with Gasteiger partial charge in [0.25, 0.3) is 0 Å². The lowest BCUT2D eigenvalue weighted by atomic mass is 10.1. The molecule has 0 bridgehead atoms. The van der Waals surface area contributed by atoms with Gasteiger partial charge in [-0.05, 0) is 32.2 Å². The highest BCUT2D eigenvalue weighted by Gasteiger charge is 2.33. The topological polar surface area (TPSA) is 15.3 Å². The zero-order valence-electron chi connectivity index (χ0n) is 11.4. The summed E-state index contributed by atoms with van der Waals surface area (Å²) in [6.45, 7) is 4.39. The number of nitrogens with one attached hydrogen (secondary N) is 1. The van der Waals surface area contributed by atoms with Gasteiger partial charge in [0.15, 0.2) is 0 Å². The van der Waals surface area contributed by atoms with E-state index < -0.39 is 12.7 Å². The first-order chi connectivity index (χ1) is 8.46. The van der Waals surface area contributed by atoms with E-state index in [1.807, 2.05) is 13.8 Å². The third-order valence-corrected chi connectivity index (χ3v) is 3.25. The van der Waals surface area contributed by atoms with Crippen LogP contribution in [-0.4, -0.2) is 42.8 Å². The van der Waals surface area contributed by atoms with Gasteiger partial charge in [-0.3, -0.25) is 4.90 Å². The Labute approximate surface area is 108 Å². The maximum atomic E-state index is 12.6. The summed E-state index contributed by atoms with van der Waals surface area (Å²) >= 11 is 0. The van der Waals surface area contributed by atoms with Gasteiger partial charge >= 0.3 is 6.18 Å². The van der Waals surface area contributed by atoms with E-state index in [1.165, 1.54) is 12.8 Å². The molecule has 0 aromatic carbocycles. The Morgan fingerprint density at radius 1 is 1.22 bits per heavy atom. The van der Waals surface area contributed by atoms with E-state index in [1.54, 1.807) is 4.90 Å². The third-order valence-electron chi connectivity index (χ3n) is 3.25. The van der Waals surface area contributed by atoms with Crippen LogP contribution in [0, 0.1) is 0 Å². The zero-order chi connectivity index (χ0) is 13.6. The molecular weight excluding hydrogens is 241 g/mol. The Balaban J connectivity index is 2.50. The van der Waals surface area contributed by atoms with Crippen molar-refractivity contribution in [1.82, 2.24) is 10.2 Å². The van der Waals surface area contributed by atoms with Crippen molar-refractivity contribution in [2.45, 2.75) is 64.2 Å². The summed E-state index contributed by atoms with van der Waals surface area (Å²) in [6, 6.07) is 0.566. The first-order valence-electron chi connectivity index (χ1n) is 7.00. The fraction of sp³-hybridized carbons (Fsp3) is 1.00. The second-order valence-corrected chi connectivity index (χ2v) is 5.21. The summed E-state index contributed by atoms with van der Waals surface area (Å²) in [4.78, 5) is 1.60. The van der Waals surface area contributed by atoms with E-state index in [-0.39, 0.29) is 6.04 Å². The number of hydrogen-bond acceptors (Lipinski definition) is 2. The highest BCUT2D eigenvalue weighted by molar-refractivity contribution is 4.84. The van der Waals surface area contributed by atoms with E-state index in [4.69, 9.17) is 0 Å². The Bertz CT molecular complexity index is 227. The molecule has 0 aliphatic heterocycles. The minimum atomic E-state index is -4.10. The number of nitrogens with zero attached hydrogens (tertiary/aromatic N) is 1. The molecule has 0 spiro atoms. The second-order valence-electron chi connectivity index (χ2n) is 5.21. The fourth-order valence-corrected chi connectivity index (χ4v) is 2.25. The van der Waals surface area contributed by atoms with Crippen molar-refractivity contribution in [2.75, 3.05) is 19.6 Å². The summed E-state index contributed by atoms with van der Waals surface area (Å²) in [6.07, 6.45) is 0.767. The van der Waals surface area contributed by atoms with Crippen LogP contribution in [0.3, 0.4) is 0 Å². The molecule has 0 radical (unpaired) electrons. The van der Waals surface area contributed by atoms with Crippen molar-refractivity contribution in [3.63, 3.8) is 0 Å². The van der Waals surface area contributed by atoms with Crippen LogP contribution in [0.2, 0.25) is 0 Å². The molecular formula is C13H25F3N2. The van der Waals surface area contributed by atoms with Gasteiger partial charge in [0.05, 0.1) is 6.54 Å². The van der Waals surface area contributed by atoms with Gasteiger partial charge in [0.1, 0.15) is 0 Å². The van der Waals surface area contributed by atoms with E-state index in [9.17, 15) is 13.2 Å². The monoisotopic (exact) mass is 266 g/mol. The molecule has 18 heavy (non-hydrogen) atoms. The number of alkyl halides is 3. The lowest BCUT2D eigenvalue weighted by Gasteiger charge is -2.32. The standard InChI is InChI=1S/C13H25F3N2/c1-3-5-12(9-17-11-6-7-11)18(8-4-2)10-13(14,15)16/h11-12,17H,3-10H2,1-2H3. The summed E-state index contributed by atoms with van der Waals surface area (Å²) < 4.78 is 37.7. The van der Waals surface area contributed by atoms with Gasteiger partial charge in [-0.1, -0.05) is 20.3 Å². The normalized spacial score (nSPS) is 18.3. The minimum Gasteiger partial charge on any atom is -0.312 e. The highest BCUT2D eigenvalue weighted by Crippen LogP contribution is 2.22. The largest absolute Gasteiger partial charge is 0.401 e. The Morgan fingerprint density at radius 2 is 1.89 bits per heavy atom. The number of halogens is 3. The van der Waals surface area contributed by atoms with Crippen LogP contribution in [0.25, 0.3) is 0 Å². The lowest BCUT2D eigenvalue weighted by Crippen LogP contribution is -2.47. The Kier molecular flexibility index (Phi) is 6.43. The van der Waals surface area contributed by atoms with Crippen LogP contribution in [-0.2, 0) is 0 Å². The van der Waals surface area contributed by atoms with Gasteiger partial charge < -0.3 is 5.32 Å². The average Bonchev–Trinajstić information content (AvgIpc) is 3.05. The molecule has 5 heteroatoms. The molecule has 1 rings (SSSR count). The molecule has 1 atom stereocenters. The van der Waals surface area contributed by atoms with E-state index >= 15 is 0 Å². The Hall–Kier alpha value is -0.290. The number of rotatable bonds is 9. The second kappa shape index (κ2) is 7.34. The summed E-state index contributed by atoms with van der Waals surface area (Å²) in [5, 5.41) is 3.36. The molecule has 1 aliphatic rings. The number of hydrogen-bond donors (Lipinski definition) is 1. The summed E-state index contributed by atoms with van der Waals surface area (Å²) in [5.74, 6) is 0. The van der Waals surface area contributed by atoms with Crippen LogP contribution in [0.5, 0.6) is 0 Å². The molecule has 0 heterocycles. The quantitative estimate of drug-likeness (QED) is 0.689. The first kappa shape index (κ1) is 15.8. The van der Waals surface area contributed by atoms with Gasteiger partial charge in [0, 0.05) is 18.6 Å². The molecule has 1 aliphatic carbocycles. The predicted octanol–water partition coefficient (Wildman–Crippen LogP) is 3.18. The van der Waals surface area contributed by atoms with E-state index in [0.717, 1.165) is 19.3 Å². The van der Waals surface area contributed by atoms with Crippen LogP contribution >= 0.6 is 0 Å². The van der Waals surface area contributed by atoms with Crippen LogP contribution < -0.4 is 5.32 Å². The Morgan fingerprint density at radius 3 is 2.33 bits per heavy atom. The van der Waals surface area contributed by atoms with Gasteiger partial charge in [-0.25, -0.2) is 0 Å². The van der Waals surface area contributed by atoms with Crippen molar-refractivity contribution < 1.29 is 13.2 Å². The maximum absolute atomic E-state index is 12.6. The van der Waals surface area contributed by atoms with Crippen molar-refractivity contribution in [3.05, 3.63) is 0 Å². The molecule has 0 aromatic heterocycles. The van der Waals surface area contributed by atoms with Crippen molar-refractivity contribution in [2.24, 2.45) is 0 Å². The third kappa shape index (κ3) is 6.59. The average molecular weight is 266 g/mol. The molecule has 0 saturated heterocycles. The first-order valence-corrected chi connectivity index (χ1v) is 7.00. The predicted molar refractivity (Wildman–Crippen MR) is 67.6 cm³/mol. The van der Waals surface area contributed by atoms with Crippen molar-refractivity contribution >= 4 is 0 Å².